The quantitative estimate of drug-likeness (QED) is 0.184. The molecular formula is C46H31N3S. The molecule has 3 aromatic heterocycles. The van der Waals surface area contributed by atoms with Crippen LogP contribution in [0.4, 0.5) is 0 Å². The van der Waals surface area contributed by atoms with Gasteiger partial charge in [0.2, 0.25) is 5.95 Å². The van der Waals surface area contributed by atoms with Gasteiger partial charge in [0.05, 0.1) is 16.7 Å². The Morgan fingerprint density at radius 2 is 1.24 bits per heavy atom. The molecule has 9 aromatic rings. The van der Waals surface area contributed by atoms with E-state index in [-0.39, 0.29) is 0 Å². The molecule has 6 aromatic carbocycles. The van der Waals surface area contributed by atoms with Gasteiger partial charge in [-0.15, -0.1) is 11.3 Å². The molecule has 0 fully saturated rings. The minimum absolute atomic E-state index is 0.667. The number of fused-ring (bicyclic) bond motifs is 6. The van der Waals surface area contributed by atoms with Gasteiger partial charge in [-0.25, -0.2) is 9.97 Å². The van der Waals surface area contributed by atoms with E-state index in [0.717, 1.165) is 35.1 Å². The van der Waals surface area contributed by atoms with Gasteiger partial charge in [-0.2, -0.15) is 0 Å². The summed E-state index contributed by atoms with van der Waals surface area (Å²) in [5, 5.41) is 3.78. The van der Waals surface area contributed by atoms with E-state index < -0.39 is 0 Å². The molecule has 0 spiro atoms. The fourth-order valence-electron chi connectivity index (χ4n) is 7.54. The second-order valence-corrected chi connectivity index (χ2v) is 14.0. The summed E-state index contributed by atoms with van der Waals surface area (Å²) in [5.41, 5.74) is 12.9. The van der Waals surface area contributed by atoms with Crippen LogP contribution in [0, 0.1) is 0 Å². The first kappa shape index (κ1) is 28.9. The summed E-state index contributed by atoms with van der Waals surface area (Å²) >= 11 is 1.91. The van der Waals surface area contributed by atoms with Crippen molar-refractivity contribution in [2.75, 3.05) is 0 Å². The highest BCUT2D eigenvalue weighted by molar-refractivity contribution is 7.20. The normalized spacial score (nSPS) is 12.6. The molecule has 0 unspecified atom stereocenters. The first-order valence-electron chi connectivity index (χ1n) is 17.1. The lowest BCUT2D eigenvalue weighted by Gasteiger charge is -2.10. The number of hydrogen-bond donors (Lipinski definition) is 0. The van der Waals surface area contributed by atoms with Crippen molar-refractivity contribution in [3.05, 3.63) is 168 Å². The van der Waals surface area contributed by atoms with Crippen LogP contribution in [0.15, 0.2) is 158 Å². The molecule has 0 radical (unpaired) electrons. The van der Waals surface area contributed by atoms with Crippen LogP contribution in [0.2, 0.25) is 0 Å². The zero-order chi connectivity index (χ0) is 33.0. The molecule has 3 heterocycles. The Hall–Kier alpha value is -6.10. The number of benzene rings is 6. The summed E-state index contributed by atoms with van der Waals surface area (Å²) in [4.78, 5) is 11.4. The van der Waals surface area contributed by atoms with Crippen LogP contribution < -0.4 is 0 Å². The molecule has 0 atom stereocenters. The molecule has 10 rings (SSSR count). The van der Waals surface area contributed by atoms with Crippen molar-refractivity contribution in [3.8, 4) is 50.6 Å². The van der Waals surface area contributed by atoms with Gasteiger partial charge in [-0.3, -0.25) is 4.57 Å². The number of allylic oxidation sites excluding steroid dienone is 1. The van der Waals surface area contributed by atoms with Crippen molar-refractivity contribution < 1.29 is 0 Å². The number of aromatic nitrogens is 3. The summed E-state index contributed by atoms with van der Waals surface area (Å²) in [6.45, 7) is 0. The van der Waals surface area contributed by atoms with Gasteiger partial charge in [0.1, 0.15) is 0 Å². The zero-order valence-corrected chi connectivity index (χ0v) is 28.1. The zero-order valence-electron chi connectivity index (χ0n) is 27.3. The van der Waals surface area contributed by atoms with Crippen LogP contribution in [-0.4, -0.2) is 14.5 Å². The Bertz CT molecular complexity index is 2750. The second kappa shape index (κ2) is 11.8. The first-order chi connectivity index (χ1) is 24.8. The second-order valence-electron chi connectivity index (χ2n) is 12.9. The Morgan fingerprint density at radius 1 is 0.540 bits per heavy atom. The van der Waals surface area contributed by atoms with Crippen LogP contribution >= 0.6 is 11.3 Å². The minimum atomic E-state index is 0.667. The van der Waals surface area contributed by atoms with Crippen LogP contribution in [0.3, 0.4) is 0 Å². The molecule has 1 aliphatic rings. The monoisotopic (exact) mass is 657 g/mol. The summed E-state index contributed by atoms with van der Waals surface area (Å²) in [6, 6.07) is 52.2. The van der Waals surface area contributed by atoms with Gasteiger partial charge in [-0.05, 0) is 87.5 Å². The number of rotatable bonds is 5. The number of aryl methyl sites for hydroxylation is 1. The lowest BCUT2D eigenvalue weighted by atomic mass is 9.97. The third kappa shape index (κ3) is 4.80. The third-order valence-electron chi connectivity index (χ3n) is 9.99. The molecule has 0 aliphatic heterocycles. The van der Waals surface area contributed by atoms with Crippen molar-refractivity contribution in [1.29, 1.82) is 0 Å². The number of hydrogen-bond acceptors (Lipinski definition) is 3. The predicted octanol–water partition coefficient (Wildman–Crippen LogP) is 12.4. The van der Waals surface area contributed by atoms with Gasteiger partial charge in [0, 0.05) is 32.1 Å². The molecule has 50 heavy (non-hydrogen) atoms. The maximum atomic E-state index is 5.18. The molecule has 3 nitrogen and oxygen atoms in total. The predicted molar refractivity (Wildman–Crippen MR) is 211 cm³/mol. The Labute approximate surface area is 294 Å². The molecule has 0 N–H and O–H groups in total. The van der Waals surface area contributed by atoms with Crippen molar-refractivity contribution in [2.45, 2.75) is 12.8 Å². The van der Waals surface area contributed by atoms with Crippen molar-refractivity contribution in [3.63, 3.8) is 0 Å². The van der Waals surface area contributed by atoms with Gasteiger partial charge in [0.25, 0.3) is 0 Å². The van der Waals surface area contributed by atoms with Crippen LogP contribution in [0.25, 0.3) is 88.6 Å². The van der Waals surface area contributed by atoms with Gasteiger partial charge < -0.3 is 0 Å². The molecule has 0 bridgehead atoms. The molecule has 0 saturated heterocycles. The molecule has 236 valence electrons. The molecule has 1 aliphatic carbocycles. The minimum Gasteiger partial charge on any atom is -0.278 e. The van der Waals surface area contributed by atoms with E-state index in [1.807, 2.05) is 23.6 Å². The topological polar surface area (TPSA) is 30.7 Å². The number of nitrogens with zero attached hydrogens (tertiary/aromatic N) is 3. The van der Waals surface area contributed by atoms with E-state index in [1.54, 1.807) is 0 Å². The lowest BCUT2D eigenvalue weighted by molar-refractivity contribution is 0.992. The highest BCUT2D eigenvalue weighted by Crippen LogP contribution is 2.42. The maximum Gasteiger partial charge on any atom is 0.235 e. The largest absolute Gasteiger partial charge is 0.278 e. The molecule has 4 heteroatoms. The SMILES string of the molecule is C1=Cc2sc3c(-c4ccc5c6ccccc6n(-c6nccc(-c7ccc(-c8cccc(-c9ccccc9)c8)cc7)n6)c5c4)cccc3c2CC1. The van der Waals surface area contributed by atoms with Gasteiger partial charge in [0.15, 0.2) is 0 Å². The van der Waals surface area contributed by atoms with E-state index in [1.165, 1.54) is 64.7 Å². The Balaban J connectivity index is 1.06. The number of para-hydroxylation sites is 1. The van der Waals surface area contributed by atoms with Crippen LogP contribution in [0.5, 0.6) is 0 Å². The fraction of sp³-hybridized carbons (Fsp3) is 0.0435. The van der Waals surface area contributed by atoms with Crippen molar-refractivity contribution in [2.24, 2.45) is 0 Å². The van der Waals surface area contributed by atoms with E-state index in [4.69, 9.17) is 9.97 Å². The molecule has 0 saturated carbocycles. The first-order valence-corrected chi connectivity index (χ1v) is 17.9. The smallest absolute Gasteiger partial charge is 0.235 e. The third-order valence-corrected chi connectivity index (χ3v) is 11.2. The summed E-state index contributed by atoms with van der Waals surface area (Å²) in [6.07, 6.45) is 8.70. The van der Waals surface area contributed by atoms with E-state index in [9.17, 15) is 0 Å². The number of thiophene rings is 1. The summed E-state index contributed by atoms with van der Waals surface area (Å²) in [5.74, 6) is 0.667. The summed E-state index contributed by atoms with van der Waals surface area (Å²) < 4.78 is 3.59. The standard InChI is InChI=1S/C46H31N3S/c1-2-10-30(11-3-1)33-12-8-13-34(28-33)31-20-22-32(23-21-31)41-26-27-47-46(48-41)49-42-18-6-4-14-37(42)38-25-24-35(29-43(38)49)36-16-9-17-40-39-15-5-7-19-44(39)50-45(36)40/h1-4,6-14,16-29H,5,15H2. The van der Waals surface area contributed by atoms with E-state index in [0.29, 0.717) is 5.95 Å². The Morgan fingerprint density at radius 3 is 2.12 bits per heavy atom. The van der Waals surface area contributed by atoms with Crippen LogP contribution in [-0.2, 0) is 6.42 Å². The fourth-order valence-corrected chi connectivity index (χ4v) is 8.86. The molecule has 0 amide bonds. The van der Waals surface area contributed by atoms with Gasteiger partial charge >= 0.3 is 0 Å². The Kier molecular flexibility index (Phi) is 6.81. The average Bonchev–Trinajstić information content (AvgIpc) is 3.74. The highest BCUT2D eigenvalue weighted by atomic mass is 32.1. The maximum absolute atomic E-state index is 5.18. The van der Waals surface area contributed by atoms with E-state index in [2.05, 4.69) is 156 Å². The highest BCUT2D eigenvalue weighted by Gasteiger charge is 2.19. The summed E-state index contributed by atoms with van der Waals surface area (Å²) in [7, 11) is 0. The van der Waals surface area contributed by atoms with E-state index >= 15 is 0 Å². The van der Waals surface area contributed by atoms with Gasteiger partial charge in [-0.1, -0.05) is 127 Å². The average molecular weight is 658 g/mol. The van der Waals surface area contributed by atoms with Crippen molar-refractivity contribution >= 4 is 49.3 Å². The lowest BCUT2D eigenvalue weighted by Crippen LogP contribution is -2.01. The van der Waals surface area contributed by atoms with Crippen LogP contribution in [0.1, 0.15) is 16.9 Å². The van der Waals surface area contributed by atoms with Crippen molar-refractivity contribution in [1.82, 2.24) is 14.5 Å². The molecular weight excluding hydrogens is 627 g/mol.